The first-order valence-corrected chi connectivity index (χ1v) is 3.81. The fourth-order valence-corrected chi connectivity index (χ4v) is 0.753. The summed E-state index contributed by atoms with van der Waals surface area (Å²) in [5.74, 6) is 0. The van der Waals surface area contributed by atoms with E-state index in [1.54, 1.807) is 0 Å². The summed E-state index contributed by atoms with van der Waals surface area (Å²) in [6.07, 6.45) is 0.812. The minimum atomic E-state index is 0.130. The Kier molecular flexibility index (Phi) is 4.65. The molecule has 0 saturated carbocycles. The molecule has 0 unspecified atom stereocenters. The predicted molar refractivity (Wildman–Crippen MR) is 42.0 cm³/mol. The van der Waals surface area contributed by atoms with Crippen molar-refractivity contribution < 1.29 is 9.84 Å². The third kappa shape index (κ3) is 4.77. The van der Waals surface area contributed by atoms with Crippen LogP contribution in [-0.2, 0) is 4.74 Å². The van der Waals surface area contributed by atoms with Crippen molar-refractivity contribution in [1.29, 1.82) is 0 Å². The van der Waals surface area contributed by atoms with Crippen molar-refractivity contribution in [3.05, 3.63) is 0 Å². The van der Waals surface area contributed by atoms with Crippen LogP contribution in [0.2, 0.25) is 0 Å². The molecule has 0 aromatic rings. The van der Waals surface area contributed by atoms with E-state index in [9.17, 15) is 0 Å². The van der Waals surface area contributed by atoms with Crippen LogP contribution >= 0.6 is 0 Å². The van der Waals surface area contributed by atoms with Crippen LogP contribution in [0.3, 0.4) is 0 Å². The maximum atomic E-state index is 8.65. The molecule has 0 saturated heterocycles. The number of aliphatic hydroxyl groups is 1. The molecule has 62 valence electrons. The Hall–Kier alpha value is -0.0800. The molecule has 10 heavy (non-hydrogen) atoms. The monoisotopic (exact) mass is 146 g/mol. The first-order chi connectivity index (χ1) is 4.62. The fraction of sp³-hybridized carbons (Fsp3) is 1.00. The van der Waals surface area contributed by atoms with Crippen molar-refractivity contribution in [1.82, 2.24) is 0 Å². The Morgan fingerprint density at radius 1 is 1.40 bits per heavy atom. The van der Waals surface area contributed by atoms with Gasteiger partial charge < -0.3 is 9.84 Å². The molecular weight excluding hydrogens is 128 g/mol. The van der Waals surface area contributed by atoms with E-state index >= 15 is 0 Å². The van der Waals surface area contributed by atoms with Crippen molar-refractivity contribution in [2.24, 2.45) is 5.41 Å². The van der Waals surface area contributed by atoms with Gasteiger partial charge >= 0.3 is 0 Å². The Labute approximate surface area is 63.2 Å². The average Bonchev–Trinajstić information content (AvgIpc) is 1.84. The Bertz CT molecular complexity index is 79.3. The maximum absolute atomic E-state index is 8.65. The van der Waals surface area contributed by atoms with Gasteiger partial charge in [0.2, 0.25) is 0 Å². The van der Waals surface area contributed by atoms with Crippen LogP contribution in [0, 0.1) is 5.41 Å². The molecule has 1 N–H and O–H groups in total. The lowest BCUT2D eigenvalue weighted by Crippen LogP contribution is -2.20. The molecule has 0 aliphatic rings. The lowest BCUT2D eigenvalue weighted by atomic mass is 9.91. The minimum absolute atomic E-state index is 0.130. The van der Waals surface area contributed by atoms with Gasteiger partial charge in [0.25, 0.3) is 0 Å². The normalized spacial score (nSPS) is 12.0. The molecule has 0 atom stereocenters. The highest BCUT2D eigenvalue weighted by atomic mass is 16.5. The molecule has 2 heteroatoms. The van der Waals surface area contributed by atoms with Crippen LogP contribution in [0.4, 0.5) is 0 Å². The maximum Gasteiger partial charge on any atom is 0.0517 e. The van der Waals surface area contributed by atoms with Crippen LogP contribution in [-0.4, -0.2) is 24.9 Å². The highest BCUT2D eigenvalue weighted by molar-refractivity contribution is 4.66. The summed E-state index contributed by atoms with van der Waals surface area (Å²) in [7, 11) is 0. The number of aliphatic hydroxyl groups excluding tert-OH is 1. The van der Waals surface area contributed by atoms with E-state index in [1.165, 1.54) is 0 Å². The van der Waals surface area contributed by atoms with E-state index in [4.69, 9.17) is 9.84 Å². The van der Waals surface area contributed by atoms with Crippen LogP contribution < -0.4 is 0 Å². The minimum Gasteiger partial charge on any atom is -0.396 e. The van der Waals surface area contributed by atoms with Gasteiger partial charge in [0.1, 0.15) is 0 Å². The summed E-state index contributed by atoms with van der Waals surface area (Å²) >= 11 is 0. The molecule has 0 fully saturated rings. The molecular formula is C8H18O2. The summed E-state index contributed by atoms with van der Waals surface area (Å²) in [6, 6.07) is 0. The SMILES string of the molecule is CCOCC(C)(C)CCO. The van der Waals surface area contributed by atoms with Crippen molar-refractivity contribution in [2.45, 2.75) is 27.2 Å². The Balaban J connectivity index is 3.42. The predicted octanol–water partition coefficient (Wildman–Crippen LogP) is 1.43. The molecule has 0 amide bonds. The second-order valence-corrected chi connectivity index (χ2v) is 3.27. The third-order valence-electron chi connectivity index (χ3n) is 1.49. The average molecular weight is 146 g/mol. The molecule has 0 radical (unpaired) electrons. The highest BCUT2D eigenvalue weighted by Crippen LogP contribution is 2.19. The van der Waals surface area contributed by atoms with Gasteiger partial charge in [-0.25, -0.2) is 0 Å². The first-order valence-electron chi connectivity index (χ1n) is 3.81. The molecule has 2 nitrogen and oxygen atoms in total. The summed E-state index contributed by atoms with van der Waals surface area (Å²) < 4.78 is 5.24. The molecule has 0 aliphatic heterocycles. The number of ether oxygens (including phenoxy) is 1. The first kappa shape index (κ1) is 9.92. The van der Waals surface area contributed by atoms with Crippen LogP contribution in [0.25, 0.3) is 0 Å². The topological polar surface area (TPSA) is 29.5 Å². The molecule has 0 rings (SSSR count). The summed E-state index contributed by atoms with van der Waals surface area (Å²) in [5, 5.41) is 8.65. The number of hydrogen-bond acceptors (Lipinski definition) is 2. The highest BCUT2D eigenvalue weighted by Gasteiger charge is 2.16. The van der Waals surface area contributed by atoms with Gasteiger partial charge in [0.15, 0.2) is 0 Å². The van der Waals surface area contributed by atoms with Crippen LogP contribution in [0.1, 0.15) is 27.2 Å². The summed E-state index contributed by atoms with van der Waals surface area (Å²) in [4.78, 5) is 0. The van der Waals surface area contributed by atoms with Crippen LogP contribution in [0.5, 0.6) is 0 Å². The largest absolute Gasteiger partial charge is 0.396 e. The quantitative estimate of drug-likeness (QED) is 0.635. The van der Waals surface area contributed by atoms with Gasteiger partial charge in [0.05, 0.1) is 6.61 Å². The van der Waals surface area contributed by atoms with Gasteiger partial charge in [-0.15, -0.1) is 0 Å². The Morgan fingerprint density at radius 2 is 2.00 bits per heavy atom. The molecule has 0 aromatic heterocycles. The van der Waals surface area contributed by atoms with E-state index < -0.39 is 0 Å². The Morgan fingerprint density at radius 3 is 2.40 bits per heavy atom. The molecule has 0 aliphatic carbocycles. The zero-order valence-electron chi connectivity index (χ0n) is 7.18. The lowest BCUT2D eigenvalue weighted by molar-refractivity contribution is 0.0552. The summed E-state index contributed by atoms with van der Waals surface area (Å²) in [6.45, 7) is 7.92. The van der Waals surface area contributed by atoms with Gasteiger partial charge in [-0.3, -0.25) is 0 Å². The third-order valence-corrected chi connectivity index (χ3v) is 1.49. The van der Waals surface area contributed by atoms with E-state index in [2.05, 4.69) is 13.8 Å². The second kappa shape index (κ2) is 4.69. The van der Waals surface area contributed by atoms with Crippen molar-refractivity contribution in [3.63, 3.8) is 0 Å². The van der Waals surface area contributed by atoms with Gasteiger partial charge in [-0.05, 0) is 18.8 Å². The van der Waals surface area contributed by atoms with E-state index in [0.29, 0.717) is 0 Å². The zero-order chi connectivity index (χ0) is 8.04. The molecule has 0 aromatic carbocycles. The zero-order valence-corrected chi connectivity index (χ0v) is 7.18. The number of rotatable bonds is 5. The van der Waals surface area contributed by atoms with E-state index in [-0.39, 0.29) is 12.0 Å². The van der Waals surface area contributed by atoms with Gasteiger partial charge in [-0.1, -0.05) is 13.8 Å². The molecule has 0 heterocycles. The van der Waals surface area contributed by atoms with Crippen molar-refractivity contribution >= 4 is 0 Å². The standard InChI is InChI=1S/C8H18O2/c1-4-10-7-8(2,3)5-6-9/h9H,4-7H2,1-3H3. The lowest BCUT2D eigenvalue weighted by Gasteiger charge is -2.22. The van der Waals surface area contributed by atoms with Gasteiger partial charge in [0, 0.05) is 13.2 Å². The van der Waals surface area contributed by atoms with Crippen molar-refractivity contribution in [3.8, 4) is 0 Å². The second-order valence-electron chi connectivity index (χ2n) is 3.27. The van der Waals surface area contributed by atoms with E-state index in [1.807, 2.05) is 6.92 Å². The van der Waals surface area contributed by atoms with Gasteiger partial charge in [-0.2, -0.15) is 0 Å². The number of hydrogen-bond donors (Lipinski definition) is 1. The van der Waals surface area contributed by atoms with E-state index in [0.717, 1.165) is 19.6 Å². The molecule has 0 spiro atoms. The summed E-state index contributed by atoms with van der Waals surface area (Å²) in [5.41, 5.74) is 0.130. The molecule has 0 bridgehead atoms. The van der Waals surface area contributed by atoms with Crippen molar-refractivity contribution in [2.75, 3.05) is 19.8 Å². The van der Waals surface area contributed by atoms with Crippen LogP contribution in [0.15, 0.2) is 0 Å². The smallest absolute Gasteiger partial charge is 0.0517 e. The fourth-order valence-electron chi connectivity index (χ4n) is 0.753.